The highest BCUT2D eigenvalue weighted by atomic mass is 32.3. The lowest BCUT2D eigenvalue weighted by molar-refractivity contribution is 0.609. The SMILES string of the molecule is CN=C(N)SC(=N)S(N)(=O)=O. The van der Waals surface area contributed by atoms with E-state index in [-0.39, 0.29) is 5.17 Å². The van der Waals surface area contributed by atoms with Gasteiger partial charge in [0.25, 0.3) is 10.0 Å². The number of nitrogens with one attached hydrogen (secondary N) is 1. The number of nitrogens with zero attached hydrogens (tertiary/aromatic N) is 1. The third-order valence-electron chi connectivity index (χ3n) is 0.676. The van der Waals surface area contributed by atoms with Crippen LogP contribution in [0.15, 0.2) is 4.99 Å². The van der Waals surface area contributed by atoms with Gasteiger partial charge in [-0.15, -0.1) is 0 Å². The van der Waals surface area contributed by atoms with Gasteiger partial charge in [0.2, 0.25) is 4.38 Å². The van der Waals surface area contributed by atoms with Crippen LogP contribution in [-0.4, -0.2) is 25.0 Å². The Hall–Kier alpha value is -0.600. The molecule has 0 saturated heterocycles. The second kappa shape index (κ2) is 3.69. The molecule has 0 aromatic carbocycles. The number of rotatable bonds is 0. The molecule has 0 radical (unpaired) electrons. The lowest BCUT2D eigenvalue weighted by Crippen LogP contribution is -2.23. The lowest BCUT2D eigenvalue weighted by Gasteiger charge is -1.97. The van der Waals surface area contributed by atoms with Crippen LogP contribution in [0.4, 0.5) is 0 Å². The number of hydrogen-bond acceptors (Lipinski definition) is 5. The third kappa shape index (κ3) is 3.96. The number of sulfonamides is 1. The van der Waals surface area contributed by atoms with Crippen molar-refractivity contribution in [2.45, 2.75) is 0 Å². The van der Waals surface area contributed by atoms with Crippen molar-refractivity contribution in [2.75, 3.05) is 7.05 Å². The quantitative estimate of drug-likeness (QED) is 0.335. The van der Waals surface area contributed by atoms with Crippen molar-refractivity contribution in [1.29, 1.82) is 5.41 Å². The summed E-state index contributed by atoms with van der Waals surface area (Å²) in [4.78, 5) is 3.44. The number of amidine groups is 1. The smallest absolute Gasteiger partial charge is 0.261 e. The number of hydrogen-bond donors (Lipinski definition) is 3. The van der Waals surface area contributed by atoms with Gasteiger partial charge in [0.15, 0.2) is 5.17 Å². The second-order valence-electron chi connectivity index (χ2n) is 1.50. The maximum atomic E-state index is 10.4. The maximum Gasteiger partial charge on any atom is 0.261 e. The van der Waals surface area contributed by atoms with Crippen molar-refractivity contribution in [3.8, 4) is 0 Å². The average Bonchev–Trinajstić information content (AvgIpc) is 1.85. The molecule has 0 amide bonds. The highest BCUT2D eigenvalue weighted by molar-refractivity contribution is 8.41. The molecule has 0 unspecified atom stereocenters. The van der Waals surface area contributed by atoms with Gasteiger partial charge in [0.1, 0.15) is 0 Å². The molecule has 6 nitrogen and oxygen atoms in total. The first-order valence-electron chi connectivity index (χ1n) is 2.39. The first-order valence-corrected chi connectivity index (χ1v) is 4.75. The molecule has 0 rings (SSSR count). The minimum atomic E-state index is -3.92. The average molecular weight is 196 g/mol. The molecule has 8 heteroatoms. The van der Waals surface area contributed by atoms with E-state index >= 15 is 0 Å². The molecule has 0 spiro atoms. The summed E-state index contributed by atoms with van der Waals surface area (Å²) in [5.74, 6) is 0. The van der Waals surface area contributed by atoms with E-state index in [0.29, 0.717) is 11.8 Å². The zero-order valence-corrected chi connectivity index (χ0v) is 7.37. The van der Waals surface area contributed by atoms with E-state index in [2.05, 4.69) is 10.1 Å². The molecular weight excluding hydrogens is 188 g/mol. The molecule has 0 aliphatic rings. The van der Waals surface area contributed by atoms with Crippen LogP contribution in [0, 0.1) is 5.41 Å². The van der Waals surface area contributed by atoms with Gasteiger partial charge in [-0.3, -0.25) is 10.4 Å². The van der Waals surface area contributed by atoms with E-state index in [1.165, 1.54) is 7.05 Å². The van der Waals surface area contributed by atoms with Crippen molar-refractivity contribution < 1.29 is 8.42 Å². The summed E-state index contributed by atoms with van der Waals surface area (Å²) in [6.07, 6.45) is 0. The summed E-state index contributed by atoms with van der Waals surface area (Å²) in [5.41, 5.74) is 5.12. The molecular formula is C3H8N4O2S2. The zero-order valence-electron chi connectivity index (χ0n) is 5.73. The highest BCUT2D eigenvalue weighted by Crippen LogP contribution is 2.04. The fraction of sp³-hybridized carbons (Fsp3) is 0.333. The van der Waals surface area contributed by atoms with E-state index in [0.717, 1.165) is 0 Å². The summed E-state index contributed by atoms with van der Waals surface area (Å²) in [6.45, 7) is 0. The number of primary sulfonamides is 1. The van der Waals surface area contributed by atoms with E-state index in [1.54, 1.807) is 0 Å². The van der Waals surface area contributed by atoms with Gasteiger partial charge in [-0.05, 0) is 11.8 Å². The molecule has 0 aliphatic heterocycles. The molecule has 0 saturated carbocycles. The van der Waals surface area contributed by atoms with Crippen molar-refractivity contribution in [2.24, 2.45) is 15.9 Å². The molecule has 0 aromatic heterocycles. The largest absolute Gasteiger partial charge is 0.378 e. The third-order valence-corrected chi connectivity index (χ3v) is 2.72. The normalized spacial score (nSPS) is 13.1. The first-order chi connectivity index (χ1) is 4.88. The minimum Gasteiger partial charge on any atom is -0.378 e. The fourth-order valence-electron chi connectivity index (χ4n) is 0.199. The van der Waals surface area contributed by atoms with Crippen LogP contribution in [0.1, 0.15) is 0 Å². The summed E-state index contributed by atoms with van der Waals surface area (Å²) in [6, 6.07) is 0. The van der Waals surface area contributed by atoms with Crippen molar-refractivity contribution in [1.82, 2.24) is 0 Å². The minimum absolute atomic E-state index is 0.0102. The second-order valence-corrected chi connectivity index (χ2v) is 4.28. The van der Waals surface area contributed by atoms with Crippen LogP contribution < -0.4 is 10.9 Å². The number of thioether (sulfide) groups is 1. The molecule has 0 aliphatic carbocycles. The Balaban J connectivity index is 4.35. The Labute approximate surface area is 68.6 Å². The summed E-state index contributed by atoms with van der Waals surface area (Å²) in [5, 5.41) is 11.5. The van der Waals surface area contributed by atoms with Gasteiger partial charge in [-0.2, -0.15) is 0 Å². The lowest BCUT2D eigenvalue weighted by atomic mass is 11.3. The molecule has 5 N–H and O–H groups in total. The van der Waals surface area contributed by atoms with Crippen LogP contribution in [0.3, 0.4) is 0 Å². The Morgan fingerprint density at radius 1 is 1.64 bits per heavy atom. The van der Waals surface area contributed by atoms with Gasteiger partial charge < -0.3 is 5.73 Å². The zero-order chi connectivity index (χ0) is 9.07. The summed E-state index contributed by atoms with van der Waals surface area (Å²) >= 11 is 0.505. The molecule has 0 heterocycles. The Kier molecular flexibility index (Phi) is 3.49. The van der Waals surface area contributed by atoms with Crippen LogP contribution in [0.25, 0.3) is 0 Å². The maximum absolute atomic E-state index is 10.4. The van der Waals surface area contributed by atoms with Crippen LogP contribution >= 0.6 is 11.8 Å². The van der Waals surface area contributed by atoms with Gasteiger partial charge in [0, 0.05) is 7.05 Å². The molecule has 0 atom stereocenters. The van der Waals surface area contributed by atoms with Crippen molar-refractivity contribution in [3.05, 3.63) is 0 Å². The van der Waals surface area contributed by atoms with Gasteiger partial charge in [0.05, 0.1) is 0 Å². The predicted octanol–water partition coefficient (Wildman–Crippen LogP) is -1.11. The van der Waals surface area contributed by atoms with E-state index in [9.17, 15) is 8.42 Å². The Morgan fingerprint density at radius 2 is 2.09 bits per heavy atom. The molecule has 0 aromatic rings. The summed E-state index contributed by atoms with van der Waals surface area (Å²) in [7, 11) is -2.53. The Bertz CT molecular complexity index is 280. The Morgan fingerprint density at radius 3 is 2.36 bits per heavy atom. The topological polar surface area (TPSA) is 122 Å². The fourth-order valence-corrected chi connectivity index (χ4v) is 1.20. The molecule has 0 bridgehead atoms. The van der Waals surface area contributed by atoms with Crippen LogP contribution in [0.5, 0.6) is 0 Å². The van der Waals surface area contributed by atoms with E-state index < -0.39 is 14.4 Å². The monoisotopic (exact) mass is 196 g/mol. The first kappa shape index (κ1) is 10.4. The molecule has 64 valence electrons. The number of aliphatic imine (C=N–C) groups is 1. The summed E-state index contributed by atoms with van der Waals surface area (Å²) < 4.78 is 20.1. The van der Waals surface area contributed by atoms with Gasteiger partial charge >= 0.3 is 0 Å². The molecule has 0 fully saturated rings. The van der Waals surface area contributed by atoms with Crippen LogP contribution in [-0.2, 0) is 10.0 Å². The van der Waals surface area contributed by atoms with E-state index in [1.807, 2.05) is 0 Å². The standard InChI is InChI=1S/C3H8N4O2S2/c1-7-2(4)10-3(5)11(6,8)9/h5H,1H3,(H2,4,7)(H2,6,8,9). The van der Waals surface area contributed by atoms with Crippen molar-refractivity contribution >= 4 is 31.3 Å². The predicted molar refractivity (Wildman–Crippen MR) is 46.0 cm³/mol. The number of nitrogens with two attached hydrogens (primary N) is 2. The van der Waals surface area contributed by atoms with Gasteiger partial charge in [-0.25, -0.2) is 13.6 Å². The van der Waals surface area contributed by atoms with Crippen molar-refractivity contribution in [3.63, 3.8) is 0 Å². The van der Waals surface area contributed by atoms with Gasteiger partial charge in [-0.1, -0.05) is 0 Å². The molecule has 11 heavy (non-hydrogen) atoms. The van der Waals surface area contributed by atoms with E-state index in [4.69, 9.17) is 11.1 Å². The highest BCUT2D eigenvalue weighted by Gasteiger charge is 2.13. The van der Waals surface area contributed by atoms with Crippen LogP contribution in [0.2, 0.25) is 0 Å².